The zero-order valence-corrected chi connectivity index (χ0v) is 8.15. The van der Waals surface area contributed by atoms with E-state index < -0.39 is 16.8 Å². The van der Waals surface area contributed by atoms with Crippen LogP contribution in [0.15, 0.2) is 18.3 Å². The van der Waals surface area contributed by atoms with Gasteiger partial charge in [0.15, 0.2) is 0 Å². The van der Waals surface area contributed by atoms with Crippen LogP contribution < -0.4 is 11.5 Å². The third-order valence-corrected chi connectivity index (χ3v) is 2.68. The number of hydrogen-bond donors (Lipinski definition) is 2. The van der Waals surface area contributed by atoms with Crippen molar-refractivity contribution in [2.45, 2.75) is 6.18 Å². The predicted molar refractivity (Wildman–Crippen MR) is 51.1 cm³/mol. The van der Waals surface area contributed by atoms with E-state index in [9.17, 15) is 18.0 Å². The van der Waals surface area contributed by atoms with Crippen molar-refractivity contribution in [3.8, 4) is 0 Å². The molecular formula is C8H7F3N2OS. The molecule has 0 radical (unpaired) electrons. The molecule has 0 aliphatic heterocycles. The molecule has 1 heterocycles. The fourth-order valence-corrected chi connectivity index (χ4v) is 1.74. The summed E-state index contributed by atoms with van der Waals surface area (Å²) in [7, 11) is 0. The Labute approximate surface area is 87.2 Å². The Balaban J connectivity index is 3.00. The van der Waals surface area contributed by atoms with Gasteiger partial charge >= 0.3 is 6.18 Å². The predicted octanol–water partition coefficient (Wildman–Crippen LogP) is 1.71. The number of ketones is 1. The molecule has 0 spiro atoms. The molecule has 0 aliphatic rings. The number of carbonyl (C=O) groups excluding carboxylic acids is 1. The lowest BCUT2D eigenvalue weighted by atomic mass is 10.3. The molecule has 0 saturated heterocycles. The van der Waals surface area contributed by atoms with E-state index in [1.54, 1.807) is 0 Å². The molecule has 1 aromatic rings. The molecule has 7 heteroatoms. The van der Waals surface area contributed by atoms with Gasteiger partial charge in [0.05, 0.1) is 15.5 Å². The summed E-state index contributed by atoms with van der Waals surface area (Å²) in [5.74, 6) is -1.87. The minimum atomic E-state index is -4.86. The van der Waals surface area contributed by atoms with E-state index >= 15 is 0 Å². The molecule has 0 aromatic carbocycles. The van der Waals surface area contributed by atoms with Gasteiger partial charge < -0.3 is 11.5 Å². The van der Waals surface area contributed by atoms with Crippen LogP contribution in [0.4, 0.5) is 13.2 Å². The molecule has 1 aromatic heterocycles. The summed E-state index contributed by atoms with van der Waals surface area (Å²) in [4.78, 5) is 10.7. The zero-order chi connectivity index (χ0) is 11.6. The highest BCUT2D eigenvalue weighted by Crippen LogP contribution is 2.27. The first kappa shape index (κ1) is 11.6. The smallest absolute Gasteiger partial charge is 0.403 e. The molecule has 0 bridgehead atoms. The number of hydrogen-bond acceptors (Lipinski definition) is 4. The molecule has 4 N–H and O–H groups in total. The maximum Gasteiger partial charge on any atom is 0.455 e. The number of nitrogens with two attached hydrogens (primary N) is 2. The SMILES string of the molecule is N/C=C(\N)c1ccc(C(=O)C(F)(F)F)s1. The van der Waals surface area contributed by atoms with Crippen LogP contribution in [0.25, 0.3) is 5.70 Å². The van der Waals surface area contributed by atoms with Gasteiger partial charge in [0.1, 0.15) is 0 Å². The second-order valence-corrected chi connectivity index (χ2v) is 3.70. The summed E-state index contributed by atoms with van der Waals surface area (Å²) in [5.41, 5.74) is 10.6. The highest BCUT2D eigenvalue weighted by molar-refractivity contribution is 7.15. The number of Topliss-reactive ketones (excluding diaryl/α,β-unsaturated/α-hetero) is 1. The lowest BCUT2D eigenvalue weighted by Crippen LogP contribution is -2.21. The third-order valence-electron chi connectivity index (χ3n) is 1.55. The van der Waals surface area contributed by atoms with Gasteiger partial charge in [0.2, 0.25) is 0 Å². The van der Waals surface area contributed by atoms with Crippen molar-refractivity contribution < 1.29 is 18.0 Å². The average molecular weight is 236 g/mol. The maximum atomic E-state index is 12.0. The highest BCUT2D eigenvalue weighted by Gasteiger charge is 2.40. The standard InChI is InChI=1S/C8H7F3N2OS/c9-8(10,11)7(14)6-2-1-5(15-6)4(13)3-12/h1-3H,12-13H2/b4-3-. The van der Waals surface area contributed by atoms with E-state index in [4.69, 9.17) is 11.5 Å². The van der Waals surface area contributed by atoms with Crippen molar-refractivity contribution >= 4 is 22.8 Å². The van der Waals surface area contributed by atoms with E-state index in [-0.39, 0.29) is 5.70 Å². The van der Waals surface area contributed by atoms with Crippen LogP contribution in [0, 0.1) is 0 Å². The topological polar surface area (TPSA) is 69.1 Å². The number of thiophene rings is 1. The van der Waals surface area contributed by atoms with Gasteiger partial charge in [0.25, 0.3) is 5.78 Å². The monoisotopic (exact) mass is 236 g/mol. The second-order valence-electron chi connectivity index (χ2n) is 2.61. The van der Waals surface area contributed by atoms with Crippen molar-refractivity contribution in [2.24, 2.45) is 11.5 Å². The van der Waals surface area contributed by atoms with E-state index in [1.807, 2.05) is 0 Å². The highest BCUT2D eigenvalue weighted by atomic mass is 32.1. The Morgan fingerprint density at radius 1 is 1.33 bits per heavy atom. The first-order chi connectivity index (χ1) is 6.86. The average Bonchev–Trinajstić information content (AvgIpc) is 2.62. The van der Waals surface area contributed by atoms with Crippen molar-refractivity contribution in [3.05, 3.63) is 28.1 Å². The summed E-state index contributed by atoms with van der Waals surface area (Å²) in [6, 6.07) is 2.40. The van der Waals surface area contributed by atoms with Gasteiger partial charge in [-0.05, 0) is 12.1 Å². The number of alkyl halides is 3. The molecule has 0 atom stereocenters. The van der Waals surface area contributed by atoms with Gasteiger partial charge in [-0.2, -0.15) is 13.2 Å². The van der Waals surface area contributed by atoms with Crippen LogP contribution in [0.1, 0.15) is 14.5 Å². The fourth-order valence-electron chi connectivity index (χ4n) is 0.837. The van der Waals surface area contributed by atoms with Crippen LogP contribution in [-0.4, -0.2) is 12.0 Å². The number of halogens is 3. The molecular weight excluding hydrogens is 229 g/mol. The largest absolute Gasteiger partial charge is 0.455 e. The molecule has 3 nitrogen and oxygen atoms in total. The molecule has 0 aliphatic carbocycles. The van der Waals surface area contributed by atoms with Crippen LogP contribution in [0.3, 0.4) is 0 Å². The third kappa shape index (κ3) is 2.50. The van der Waals surface area contributed by atoms with Gasteiger partial charge in [-0.3, -0.25) is 4.79 Å². The maximum absolute atomic E-state index is 12.0. The van der Waals surface area contributed by atoms with Gasteiger partial charge in [-0.1, -0.05) is 0 Å². The first-order valence-electron chi connectivity index (χ1n) is 3.75. The summed E-state index contributed by atoms with van der Waals surface area (Å²) >= 11 is 0.658. The minimum absolute atomic E-state index is 0.140. The molecule has 15 heavy (non-hydrogen) atoms. The normalized spacial score (nSPS) is 12.9. The number of rotatable bonds is 2. The molecule has 0 fully saturated rings. The van der Waals surface area contributed by atoms with Gasteiger partial charge in [-0.25, -0.2) is 0 Å². The summed E-state index contributed by atoms with van der Waals surface area (Å²) in [6.45, 7) is 0. The Kier molecular flexibility index (Phi) is 3.04. The lowest BCUT2D eigenvalue weighted by molar-refractivity contribution is -0.0882. The van der Waals surface area contributed by atoms with E-state index in [2.05, 4.69) is 0 Å². The van der Waals surface area contributed by atoms with Crippen molar-refractivity contribution in [1.29, 1.82) is 0 Å². The van der Waals surface area contributed by atoms with Gasteiger partial charge in [-0.15, -0.1) is 11.3 Å². The quantitative estimate of drug-likeness (QED) is 0.768. The summed E-state index contributed by atoms with van der Waals surface area (Å²) < 4.78 is 36.0. The summed E-state index contributed by atoms with van der Waals surface area (Å²) in [5, 5.41) is 0. The zero-order valence-electron chi connectivity index (χ0n) is 7.34. The Hall–Kier alpha value is -1.50. The fraction of sp³-hybridized carbons (Fsp3) is 0.125. The van der Waals surface area contributed by atoms with E-state index in [0.29, 0.717) is 16.2 Å². The Morgan fingerprint density at radius 2 is 1.87 bits per heavy atom. The Bertz CT molecular complexity index is 408. The van der Waals surface area contributed by atoms with Crippen LogP contribution >= 0.6 is 11.3 Å². The van der Waals surface area contributed by atoms with Crippen molar-refractivity contribution in [3.63, 3.8) is 0 Å². The molecule has 0 saturated carbocycles. The molecule has 1 rings (SSSR count). The van der Waals surface area contributed by atoms with Crippen LogP contribution in [0.2, 0.25) is 0 Å². The first-order valence-corrected chi connectivity index (χ1v) is 4.57. The van der Waals surface area contributed by atoms with E-state index in [0.717, 1.165) is 12.3 Å². The minimum Gasteiger partial charge on any atom is -0.403 e. The molecule has 82 valence electrons. The second kappa shape index (κ2) is 3.93. The van der Waals surface area contributed by atoms with Crippen LogP contribution in [-0.2, 0) is 0 Å². The Morgan fingerprint density at radius 3 is 2.33 bits per heavy atom. The van der Waals surface area contributed by atoms with Gasteiger partial charge in [0, 0.05) is 6.20 Å². The molecule has 0 amide bonds. The summed E-state index contributed by atoms with van der Waals surface area (Å²) in [6.07, 6.45) is -3.79. The number of carbonyl (C=O) groups is 1. The van der Waals surface area contributed by atoms with Crippen molar-refractivity contribution in [1.82, 2.24) is 0 Å². The van der Waals surface area contributed by atoms with Crippen molar-refractivity contribution in [2.75, 3.05) is 0 Å². The van der Waals surface area contributed by atoms with Crippen LogP contribution in [0.5, 0.6) is 0 Å². The molecule has 0 unspecified atom stereocenters. The van der Waals surface area contributed by atoms with E-state index in [1.165, 1.54) is 6.07 Å². The lowest BCUT2D eigenvalue weighted by Gasteiger charge is -2.01.